The van der Waals surface area contributed by atoms with Gasteiger partial charge in [0.15, 0.2) is 0 Å². The fourth-order valence-electron chi connectivity index (χ4n) is 1.39. The second-order valence-corrected chi connectivity index (χ2v) is 3.74. The van der Waals surface area contributed by atoms with Gasteiger partial charge in [0, 0.05) is 5.69 Å². The molecule has 0 aliphatic rings. The van der Waals surface area contributed by atoms with Gasteiger partial charge in [0.05, 0.1) is 6.54 Å². The van der Waals surface area contributed by atoms with Crippen LogP contribution in [0, 0.1) is 0 Å². The van der Waals surface area contributed by atoms with Gasteiger partial charge >= 0.3 is 0 Å². The molecule has 0 spiro atoms. The number of rotatable bonds is 4. The summed E-state index contributed by atoms with van der Waals surface area (Å²) in [6, 6.07) is 7.50. The maximum absolute atomic E-state index is 11.1. The third-order valence-corrected chi connectivity index (χ3v) is 2.41. The Labute approximate surface area is 103 Å². The summed E-state index contributed by atoms with van der Waals surface area (Å²) >= 11 is 5.40. The van der Waals surface area contributed by atoms with E-state index < -0.39 is 0 Å². The molecule has 1 N–H and O–H groups in total. The minimum Gasteiger partial charge on any atom is -0.325 e. The number of nitrogens with one attached hydrogen (secondary N) is 1. The summed E-state index contributed by atoms with van der Waals surface area (Å²) in [6.45, 7) is 0.656. The first kappa shape index (κ1) is 11.6. The molecular formula is C11H11ClN4O. The van der Waals surface area contributed by atoms with Crippen molar-refractivity contribution in [3.05, 3.63) is 42.5 Å². The van der Waals surface area contributed by atoms with E-state index in [-0.39, 0.29) is 11.8 Å². The topological polar surface area (TPSA) is 59.8 Å². The van der Waals surface area contributed by atoms with Gasteiger partial charge in [-0.3, -0.25) is 4.79 Å². The Morgan fingerprint density at radius 2 is 2.12 bits per heavy atom. The average Bonchev–Trinajstić information content (AvgIpc) is 2.84. The molecule has 5 nitrogen and oxygen atoms in total. The standard InChI is InChI=1S/C11H11ClN4O/c12-5-11(17)15-10-3-1-9(2-4-10)6-16-8-13-7-14-16/h1-4,7-8H,5-6H2,(H,15,17). The maximum Gasteiger partial charge on any atom is 0.239 e. The average molecular weight is 251 g/mol. The Bertz CT molecular complexity index is 481. The van der Waals surface area contributed by atoms with Crippen molar-refractivity contribution in [3.8, 4) is 0 Å². The van der Waals surface area contributed by atoms with Crippen LogP contribution in [-0.4, -0.2) is 26.6 Å². The van der Waals surface area contributed by atoms with Crippen molar-refractivity contribution in [2.45, 2.75) is 6.54 Å². The van der Waals surface area contributed by atoms with Gasteiger partial charge in [0.2, 0.25) is 5.91 Å². The van der Waals surface area contributed by atoms with E-state index in [9.17, 15) is 4.79 Å². The lowest BCUT2D eigenvalue weighted by molar-refractivity contribution is -0.113. The van der Waals surface area contributed by atoms with E-state index >= 15 is 0 Å². The highest BCUT2D eigenvalue weighted by atomic mass is 35.5. The molecule has 0 bridgehead atoms. The molecule has 0 aliphatic carbocycles. The Hall–Kier alpha value is -1.88. The Morgan fingerprint density at radius 3 is 2.71 bits per heavy atom. The highest BCUT2D eigenvalue weighted by molar-refractivity contribution is 6.29. The van der Waals surface area contributed by atoms with Crippen molar-refractivity contribution in [2.24, 2.45) is 0 Å². The summed E-state index contributed by atoms with van der Waals surface area (Å²) in [6.07, 6.45) is 3.15. The number of alkyl halides is 1. The first-order chi connectivity index (χ1) is 8.28. The number of carbonyl (C=O) groups excluding carboxylic acids is 1. The van der Waals surface area contributed by atoms with Gasteiger partial charge in [0.1, 0.15) is 18.5 Å². The first-order valence-corrected chi connectivity index (χ1v) is 5.58. The van der Waals surface area contributed by atoms with Crippen molar-refractivity contribution in [1.82, 2.24) is 14.8 Å². The summed E-state index contributed by atoms with van der Waals surface area (Å²) in [5.41, 5.74) is 1.82. The minimum absolute atomic E-state index is 0.0410. The zero-order chi connectivity index (χ0) is 12.1. The molecule has 6 heteroatoms. The summed E-state index contributed by atoms with van der Waals surface area (Å²) in [7, 11) is 0. The minimum atomic E-state index is -0.212. The predicted molar refractivity (Wildman–Crippen MR) is 64.9 cm³/mol. The van der Waals surface area contributed by atoms with Crippen molar-refractivity contribution < 1.29 is 4.79 Å². The van der Waals surface area contributed by atoms with Gasteiger partial charge in [-0.1, -0.05) is 12.1 Å². The number of hydrogen-bond acceptors (Lipinski definition) is 3. The highest BCUT2D eigenvalue weighted by Crippen LogP contribution is 2.10. The molecule has 0 aliphatic heterocycles. The van der Waals surface area contributed by atoms with Crippen LogP contribution in [0.1, 0.15) is 5.56 Å². The summed E-state index contributed by atoms with van der Waals surface area (Å²) < 4.78 is 1.73. The molecule has 0 radical (unpaired) electrons. The lowest BCUT2D eigenvalue weighted by Crippen LogP contribution is -2.12. The second-order valence-electron chi connectivity index (χ2n) is 3.47. The van der Waals surface area contributed by atoms with Crippen LogP contribution in [0.25, 0.3) is 0 Å². The number of nitrogens with zero attached hydrogens (tertiary/aromatic N) is 3. The van der Waals surface area contributed by atoms with Gasteiger partial charge in [-0.2, -0.15) is 5.10 Å². The Balaban J connectivity index is 2.00. The van der Waals surface area contributed by atoms with E-state index in [1.54, 1.807) is 11.0 Å². The van der Waals surface area contributed by atoms with E-state index in [1.165, 1.54) is 6.33 Å². The molecule has 2 rings (SSSR count). The number of benzene rings is 1. The van der Waals surface area contributed by atoms with Gasteiger partial charge in [0.25, 0.3) is 0 Å². The number of carbonyl (C=O) groups is 1. The fourth-order valence-corrected chi connectivity index (χ4v) is 1.46. The lowest BCUT2D eigenvalue weighted by atomic mass is 10.2. The maximum atomic E-state index is 11.1. The number of aromatic nitrogens is 3. The van der Waals surface area contributed by atoms with Crippen LogP contribution in [0.3, 0.4) is 0 Å². The largest absolute Gasteiger partial charge is 0.325 e. The van der Waals surface area contributed by atoms with E-state index in [0.717, 1.165) is 11.3 Å². The summed E-state index contributed by atoms with van der Waals surface area (Å²) in [4.78, 5) is 14.9. The van der Waals surface area contributed by atoms with E-state index in [4.69, 9.17) is 11.6 Å². The van der Waals surface area contributed by atoms with E-state index in [1.807, 2.05) is 24.3 Å². The van der Waals surface area contributed by atoms with Crippen molar-refractivity contribution in [1.29, 1.82) is 0 Å². The molecule has 0 saturated carbocycles. The van der Waals surface area contributed by atoms with Crippen LogP contribution >= 0.6 is 11.6 Å². The van der Waals surface area contributed by atoms with Crippen LogP contribution in [-0.2, 0) is 11.3 Å². The molecule has 1 aromatic carbocycles. The number of anilines is 1. The highest BCUT2D eigenvalue weighted by Gasteiger charge is 2.00. The molecule has 1 aromatic heterocycles. The van der Waals surface area contributed by atoms with Crippen LogP contribution in [0.2, 0.25) is 0 Å². The normalized spacial score (nSPS) is 10.2. The van der Waals surface area contributed by atoms with Crippen LogP contribution in [0.5, 0.6) is 0 Å². The second kappa shape index (κ2) is 5.45. The molecule has 0 atom stereocenters. The van der Waals surface area contributed by atoms with Crippen molar-refractivity contribution in [3.63, 3.8) is 0 Å². The lowest BCUT2D eigenvalue weighted by Gasteiger charge is -2.05. The molecule has 88 valence electrons. The van der Waals surface area contributed by atoms with Crippen LogP contribution in [0.4, 0.5) is 5.69 Å². The molecular weight excluding hydrogens is 240 g/mol. The Morgan fingerprint density at radius 1 is 1.35 bits per heavy atom. The summed E-state index contributed by atoms with van der Waals surface area (Å²) in [5, 5.41) is 6.69. The fraction of sp³-hybridized carbons (Fsp3) is 0.182. The van der Waals surface area contributed by atoms with Crippen molar-refractivity contribution in [2.75, 3.05) is 11.2 Å². The first-order valence-electron chi connectivity index (χ1n) is 5.05. The number of hydrogen-bond donors (Lipinski definition) is 1. The zero-order valence-electron chi connectivity index (χ0n) is 9.01. The summed E-state index contributed by atoms with van der Waals surface area (Å²) in [5.74, 6) is -0.253. The third-order valence-electron chi connectivity index (χ3n) is 2.17. The molecule has 2 aromatic rings. The number of amides is 1. The van der Waals surface area contributed by atoms with Gasteiger partial charge < -0.3 is 5.32 Å². The SMILES string of the molecule is O=C(CCl)Nc1ccc(Cn2cncn2)cc1. The molecule has 17 heavy (non-hydrogen) atoms. The van der Waals surface area contributed by atoms with E-state index in [0.29, 0.717) is 6.54 Å². The Kier molecular flexibility index (Phi) is 3.72. The molecule has 0 fully saturated rings. The molecule has 1 amide bonds. The predicted octanol–water partition coefficient (Wildman–Crippen LogP) is 1.50. The quantitative estimate of drug-likeness (QED) is 0.837. The number of halogens is 1. The zero-order valence-corrected chi connectivity index (χ0v) is 9.76. The third kappa shape index (κ3) is 3.29. The van der Waals surface area contributed by atoms with Gasteiger partial charge in [-0.25, -0.2) is 9.67 Å². The molecule has 1 heterocycles. The van der Waals surface area contributed by atoms with E-state index in [2.05, 4.69) is 15.4 Å². The van der Waals surface area contributed by atoms with Gasteiger partial charge in [-0.15, -0.1) is 11.6 Å². The van der Waals surface area contributed by atoms with Gasteiger partial charge in [-0.05, 0) is 17.7 Å². The van der Waals surface area contributed by atoms with Crippen LogP contribution < -0.4 is 5.32 Å². The monoisotopic (exact) mass is 250 g/mol. The van der Waals surface area contributed by atoms with Crippen LogP contribution in [0.15, 0.2) is 36.9 Å². The smallest absolute Gasteiger partial charge is 0.239 e. The molecule has 0 saturated heterocycles. The molecule has 0 unspecified atom stereocenters. The van der Waals surface area contributed by atoms with Crippen molar-refractivity contribution >= 4 is 23.2 Å².